The van der Waals surface area contributed by atoms with E-state index < -0.39 is 0 Å². The molecule has 154 valence electrons. The van der Waals surface area contributed by atoms with Gasteiger partial charge >= 0.3 is 6.03 Å². The van der Waals surface area contributed by atoms with Crippen molar-refractivity contribution in [2.45, 2.75) is 20.4 Å². The largest absolute Gasteiger partial charge is 0.368 e. The maximum absolute atomic E-state index is 13.0. The van der Waals surface area contributed by atoms with Crippen LogP contribution < -0.4 is 4.90 Å². The van der Waals surface area contributed by atoms with Crippen LogP contribution in [0.15, 0.2) is 48.5 Å². The maximum Gasteiger partial charge on any atom is 0.320 e. The lowest BCUT2D eigenvalue weighted by molar-refractivity contribution is 0.108. The highest BCUT2D eigenvalue weighted by molar-refractivity contribution is 5.75. The zero-order chi connectivity index (χ0) is 20.2. The summed E-state index contributed by atoms with van der Waals surface area (Å²) >= 11 is 0. The minimum Gasteiger partial charge on any atom is -0.368 e. The zero-order valence-electron chi connectivity index (χ0n) is 17.7. The summed E-state index contributed by atoms with van der Waals surface area (Å²) in [5, 5.41) is 0. The second-order valence-corrected chi connectivity index (χ2v) is 8.22. The summed E-state index contributed by atoms with van der Waals surface area (Å²) < 4.78 is 0. The van der Waals surface area contributed by atoms with Gasteiger partial charge in [0.25, 0.3) is 0 Å². The monoisotopic (exact) mass is 392 g/mol. The summed E-state index contributed by atoms with van der Waals surface area (Å²) in [4.78, 5) is 21.9. The molecule has 2 heterocycles. The number of amides is 2. The molecular weight excluding hydrogens is 360 g/mol. The van der Waals surface area contributed by atoms with Crippen LogP contribution in [0.4, 0.5) is 10.5 Å². The molecule has 0 N–H and O–H groups in total. The van der Waals surface area contributed by atoms with E-state index in [0.717, 1.165) is 58.9 Å². The fourth-order valence-corrected chi connectivity index (χ4v) is 4.36. The van der Waals surface area contributed by atoms with Crippen molar-refractivity contribution in [2.75, 3.05) is 57.3 Å². The van der Waals surface area contributed by atoms with Gasteiger partial charge in [-0.3, -0.25) is 4.90 Å². The second kappa shape index (κ2) is 8.87. The SMILES string of the molecule is Cc1cccc(N2CCN(C(=O)N3CCN(Cc4ccccc4)CC3)CC2)c1C. The first kappa shape index (κ1) is 19.8. The molecule has 2 saturated heterocycles. The summed E-state index contributed by atoms with van der Waals surface area (Å²) in [6, 6.07) is 17.3. The van der Waals surface area contributed by atoms with Crippen molar-refractivity contribution in [3.63, 3.8) is 0 Å². The predicted octanol–water partition coefficient (Wildman–Crippen LogP) is 3.36. The zero-order valence-corrected chi connectivity index (χ0v) is 17.7. The van der Waals surface area contributed by atoms with Crippen LogP contribution in [0.5, 0.6) is 0 Å². The van der Waals surface area contributed by atoms with Crippen molar-refractivity contribution < 1.29 is 4.79 Å². The number of carbonyl (C=O) groups is 1. The van der Waals surface area contributed by atoms with E-state index in [0.29, 0.717) is 0 Å². The molecule has 2 aliphatic rings. The minimum absolute atomic E-state index is 0.213. The molecule has 2 aliphatic heterocycles. The number of hydrogen-bond donors (Lipinski definition) is 0. The first-order chi connectivity index (χ1) is 14.1. The van der Waals surface area contributed by atoms with Crippen LogP contribution in [-0.4, -0.2) is 73.1 Å². The number of anilines is 1. The Hall–Kier alpha value is -2.53. The number of hydrogen-bond acceptors (Lipinski definition) is 3. The Kier molecular flexibility index (Phi) is 6.05. The molecule has 4 rings (SSSR count). The molecule has 0 unspecified atom stereocenters. The number of aryl methyl sites for hydroxylation is 1. The van der Waals surface area contributed by atoms with E-state index in [1.165, 1.54) is 22.4 Å². The molecule has 2 fully saturated rings. The molecule has 0 radical (unpaired) electrons. The Morgan fingerprint density at radius 1 is 0.759 bits per heavy atom. The molecule has 5 heteroatoms. The smallest absolute Gasteiger partial charge is 0.320 e. The highest BCUT2D eigenvalue weighted by atomic mass is 16.2. The Bertz CT molecular complexity index is 822. The Morgan fingerprint density at radius 3 is 2.03 bits per heavy atom. The highest BCUT2D eigenvalue weighted by Crippen LogP contribution is 2.24. The van der Waals surface area contributed by atoms with Crippen molar-refractivity contribution in [1.29, 1.82) is 0 Å². The van der Waals surface area contributed by atoms with Gasteiger partial charge in [0.2, 0.25) is 0 Å². The molecule has 0 spiro atoms. The molecule has 0 atom stereocenters. The maximum atomic E-state index is 13.0. The standard InChI is InChI=1S/C24H32N4O/c1-20-7-6-10-23(21(20)2)26-15-17-28(18-16-26)24(29)27-13-11-25(12-14-27)19-22-8-4-3-5-9-22/h3-10H,11-19H2,1-2H3. The number of nitrogens with zero attached hydrogens (tertiary/aromatic N) is 4. The fraction of sp³-hybridized carbons (Fsp3) is 0.458. The van der Waals surface area contributed by atoms with E-state index in [1.54, 1.807) is 0 Å². The van der Waals surface area contributed by atoms with E-state index >= 15 is 0 Å². The van der Waals surface area contributed by atoms with E-state index in [2.05, 4.69) is 72.2 Å². The van der Waals surface area contributed by atoms with E-state index in [1.807, 2.05) is 9.80 Å². The third-order valence-electron chi connectivity index (χ3n) is 6.36. The lowest BCUT2D eigenvalue weighted by Crippen LogP contribution is -2.56. The lowest BCUT2D eigenvalue weighted by atomic mass is 10.1. The number of carbonyl (C=O) groups excluding carboxylic acids is 1. The van der Waals surface area contributed by atoms with Crippen molar-refractivity contribution in [3.05, 3.63) is 65.2 Å². The number of urea groups is 1. The molecule has 2 aromatic rings. The number of piperazine rings is 2. The Balaban J connectivity index is 1.26. The van der Waals surface area contributed by atoms with Gasteiger partial charge in [-0.05, 0) is 36.6 Å². The molecule has 2 aromatic carbocycles. The van der Waals surface area contributed by atoms with Gasteiger partial charge in [-0.25, -0.2) is 4.79 Å². The van der Waals surface area contributed by atoms with Gasteiger partial charge in [0.1, 0.15) is 0 Å². The molecule has 0 saturated carbocycles. The van der Waals surface area contributed by atoms with Crippen molar-refractivity contribution >= 4 is 11.7 Å². The third kappa shape index (κ3) is 4.56. The summed E-state index contributed by atoms with van der Waals surface area (Å²) in [5.74, 6) is 0. The van der Waals surface area contributed by atoms with Crippen LogP contribution >= 0.6 is 0 Å². The molecule has 2 amide bonds. The van der Waals surface area contributed by atoms with Gasteiger partial charge in [0, 0.05) is 64.6 Å². The van der Waals surface area contributed by atoms with Crippen LogP contribution in [0.3, 0.4) is 0 Å². The van der Waals surface area contributed by atoms with Crippen LogP contribution in [-0.2, 0) is 6.54 Å². The second-order valence-electron chi connectivity index (χ2n) is 8.22. The molecule has 0 aromatic heterocycles. The normalized spacial score (nSPS) is 18.2. The Labute approximate surface area is 174 Å². The van der Waals surface area contributed by atoms with Crippen molar-refractivity contribution in [3.8, 4) is 0 Å². The minimum atomic E-state index is 0.213. The van der Waals surface area contributed by atoms with Gasteiger partial charge < -0.3 is 14.7 Å². The highest BCUT2D eigenvalue weighted by Gasteiger charge is 2.28. The van der Waals surface area contributed by atoms with Crippen LogP contribution in [0.25, 0.3) is 0 Å². The number of rotatable bonds is 3. The van der Waals surface area contributed by atoms with E-state index in [4.69, 9.17) is 0 Å². The van der Waals surface area contributed by atoms with Gasteiger partial charge in [-0.2, -0.15) is 0 Å². The van der Waals surface area contributed by atoms with Gasteiger partial charge in [0.05, 0.1) is 0 Å². The van der Waals surface area contributed by atoms with Gasteiger partial charge in [0.15, 0.2) is 0 Å². The van der Waals surface area contributed by atoms with E-state index in [9.17, 15) is 4.79 Å². The summed E-state index contributed by atoms with van der Waals surface area (Å²) in [7, 11) is 0. The third-order valence-corrected chi connectivity index (χ3v) is 6.36. The first-order valence-electron chi connectivity index (χ1n) is 10.7. The van der Waals surface area contributed by atoms with Crippen LogP contribution in [0.1, 0.15) is 16.7 Å². The molecule has 29 heavy (non-hydrogen) atoms. The first-order valence-corrected chi connectivity index (χ1v) is 10.7. The summed E-state index contributed by atoms with van der Waals surface area (Å²) in [5.41, 5.74) is 5.33. The lowest BCUT2D eigenvalue weighted by Gasteiger charge is -2.41. The molecule has 5 nitrogen and oxygen atoms in total. The van der Waals surface area contributed by atoms with Crippen molar-refractivity contribution in [2.24, 2.45) is 0 Å². The molecule has 0 aliphatic carbocycles. The summed E-state index contributed by atoms with van der Waals surface area (Å²) in [6.07, 6.45) is 0. The fourth-order valence-electron chi connectivity index (χ4n) is 4.36. The van der Waals surface area contributed by atoms with Crippen LogP contribution in [0, 0.1) is 13.8 Å². The Morgan fingerprint density at radius 2 is 1.38 bits per heavy atom. The predicted molar refractivity (Wildman–Crippen MR) is 118 cm³/mol. The summed E-state index contributed by atoms with van der Waals surface area (Å²) in [6.45, 7) is 12.3. The van der Waals surface area contributed by atoms with E-state index in [-0.39, 0.29) is 6.03 Å². The van der Waals surface area contributed by atoms with Gasteiger partial charge in [-0.15, -0.1) is 0 Å². The average molecular weight is 393 g/mol. The van der Waals surface area contributed by atoms with Crippen LogP contribution in [0.2, 0.25) is 0 Å². The van der Waals surface area contributed by atoms with Gasteiger partial charge in [-0.1, -0.05) is 42.5 Å². The average Bonchev–Trinajstić information content (AvgIpc) is 2.77. The topological polar surface area (TPSA) is 30.0 Å². The molecular formula is C24H32N4O. The van der Waals surface area contributed by atoms with Crippen molar-refractivity contribution in [1.82, 2.24) is 14.7 Å². The molecule has 0 bridgehead atoms. The quantitative estimate of drug-likeness (QED) is 0.802. The number of benzene rings is 2.